The van der Waals surface area contributed by atoms with Gasteiger partial charge in [0.25, 0.3) is 0 Å². The fraction of sp³-hybridized carbons (Fsp3) is 0.679. The third-order valence-electron chi connectivity index (χ3n) is 9.39. The molecule has 1 aromatic rings. The zero-order valence-electron chi connectivity index (χ0n) is 19.6. The number of aliphatic hydroxyl groups is 1. The van der Waals surface area contributed by atoms with Crippen LogP contribution in [0.5, 0.6) is 0 Å². The molecule has 3 aliphatic carbocycles. The number of carbonyl (C=O) groups is 1. The highest BCUT2D eigenvalue weighted by molar-refractivity contribution is 6.22. The Morgan fingerprint density at radius 2 is 1.83 bits per heavy atom. The van der Waals surface area contributed by atoms with Gasteiger partial charge in [0.1, 0.15) is 0 Å². The van der Waals surface area contributed by atoms with Crippen LogP contribution in [0.4, 0.5) is 0 Å². The SMILES string of the molecule is CC(C)[C@@H](C)CC[C@@H](C)[C@@H]1CC[C@H]2c3ccc4c(c3CC[C@]21C)CCC(=O)/C4=C/O. The van der Waals surface area contributed by atoms with Gasteiger partial charge in [-0.1, -0.05) is 59.6 Å². The lowest BCUT2D eigenvalue weighted by Crippen LogP contribution is -2.36. The molecule has 0 saturated heterocycles. The second-order valence-electron chi connectivity index (χ2n) is 11.1. The summed E-state index contributed by atoms with van der Waals surface area (Å²) >= 11 is 0. The van der Waals surface area contributed by atoms with E-state index in [1.54, 1.807) is 5.56 Å². The van der Waals surface area contributed by atoms with Crippen LogP contribution in [0.15, 0.2) is 18.4 Å². The van der Waals surface area contributed by atoms with Gasteiger partial charge >= 0.3 is 0 Å². The van der Waals surface area contributed by atoms with Crippen molar-refractivity contribution in [3.63, 3.8) is 0 Å². The van der Waals surface area contributed by atoms with Crippen LogP contribution in [0.3, 0.4) is 0 Å². The highest BCUT2D eigenvalue weighted by atomic mass is 16.2. The monoisotopic (exact) mass is 408 g/mol. The van der Waals surface area contributed by atoms with E-state index in [-0.39, 0.29) is 5.78 Å². The van der Waals surface area contributed by atoms with Crippen molar-refractivity contribution in [2.45, 2.75) is 91.9 Å². The molecule has 0 aliphatic heterocycles. The predicted octanol–water partition coefficient (Wildman–Crippen LogP) is 7.26. The largest absolute Gasteiger partial charge is 0.515 e. The topological polar surface area (TPSA) is 37.3 Å². The van der Waals surface area contributed by atoms with Gasteiger partial charge in [-0.3, -0.25) is 4.79 Å². The standard InChI is InChI=1S/C28H40O2/c1-17(2)18(3)6-7-19(4)25-11-12-26-23-9-8-21-20(10-13-27(30)24(21)16-29)22(23)14-15-28(25,26)5/h8-9,16-19,25-26,29H,6-7,10-15H2,1-5H3/b24-16+/t18-,19+,25-,26-,28-/m0/s1. The fourth-order valence-electron chi connectivity index (χ4n) is 7.06. The first-order valence-electron chi connectivity index (χ1n) is 12.3. The zero-order chi connectivity index (χ0) is 21.6. The summed E-state index contributed by atoms with van der Waals surface area (Å²) in [5.41, 5.74) is 6.31. The number of carbonyl (C=O) groups excluding carboxylic acids is 1. The van der Waals surface area contributed by atoms with Crippen molar-refractivity contribution in [3.05, 3.63) is 40.6 Å². The molecule has 0 bridgehead atoms. The molecule has 1 fully saturated rings. The van der Waals surface area contributed by atoms with E-state index in [0.29, 0.717) is 23.3 Å². The lowest BCUT2D eigenvalue weighted by atomic mass is 9.59. The second-order valence-corrected chi connectivity index (χ2v) is 11.1. The van der Waals surface area contributed by atoms with Crippen LogP contribution in [0.2, 0.25) is 0 Å². The minimum atomic E-state index is 0.0796. The van der Waals surface area contributed by atoms with E-state index in [0.717, 1.165) is 48.3 Å². The van der Waals surface area contributed by atoms with Gasteiger partial charge in [-0.25, -0.2) is 0 Å². The molecule has 4 rings (SSSR count). The Kier molecular flexibility index (Phi) is 5.90. The van der Waals surface area contributed by atoms with E-state index in [1.807, 2.05) is 0 Å². The molecule has 5 atom stereocenters. The Morgan fingerprint density at radius 3 is 2.53 bits per heavy atom. The van der Waals surface area contributed by atoms with E-state index in [1.165, 1.54) is 43.2 Å². The summed E-state index contributed by atoms with van der Waals surface area (Å²) in [6, 6.07) is 4.42. The predicted molar refractivity (Wildman–Crippen MR) is 125 cm³/mol. The number of ketones is 1. The van der Waals surface area contributed by atoms with Crippen LogP contribution in [-0.2, 0) is 17.6 Å². The fourth-order valence-corrected chi connectivity index (χ4v) is 7.06. The van der Waals surface area contributed by atoms with E-state index in [2.05, 4.69) is 46.8 Å². The van der Waals surface area contributed by atoms with Crippen molar-refractivity contribution in [2.24, 2.45) is 29.1 Å². The summed E-state index contributed by atoms with van der Waals surface area (Å²) in [4.78, 5) is 12.2. The second kappa shape index (κ2) is 8.17. The van der Waals surface area contributed by atoms with E-state index in [4.69, 9.17) is 0 Å². The van der Waals surface area contributed by atoms with Crippen molar-refractivity contribution in [1.82, 2.24) is 0 Å². The molecule has 30 heavy (non-hydrogen) atoms. The molecular weight excluding hydrogens is 368 g/mol. The summed E-state index contributed by atoms with van der Waals surface area (Å²) in [7, 11) is 0. The molecule has 0 aromatic heterocycles. The lowest BCUT2D eigenvalue weighted by molar-refractivity contribution is -0.114. The first-order valence-corrected chi connectivity index (χ1v) is 12.3. The smallest absolute Gasteiger partial charge is 0.166 e. The molecule has 3 aliphatic rings. The number of allylic oxidation sites excluding steroid dienone is 1. The van der Waals surface area contributed by atoms with Crippen molar-refractivity contribution in [1.29, 1.82) is 0 Å². The number of rotatable bonds is 5. The van der Waals surface area contributed by atoms with Gasteiger partial charge in [-0.05, 0) is 89.4 Å². The molecule has 0 heterocycles. The molecule has 2 nitrogen and oxygen atoms in total. The first-order chi connectivity index (χ1) is 14.3. The maximum Gasteiger partial charge on any atom is 0.166 e. The van der Waals surface area contributed by atoms with Gasteiger partial charge in [0, 0.05) is 6.42 Å². The quantitative estimate of drug-likeness (QED) is 0.411. The van der Waals surface area contributed by atoms with Crippen LogP contribution in [0.25, 0.3) is 5.57 Å². The normalized spacial score (nSPS) is 31.4. The summed E-state index contributed by atoms with van der Waals surface area (Å²) in [6.45, 7) is 12.2. The Hall–Kier alpha value is -1.57. The number of hydrogen-bond donors (Lipinski definition) is 1. The highest BCUT2D eigenvalue weighted by Gasteiger charge is 2.51. The Labute approximate surface area is 183 Å². The molecule has 0 radical (unpaired) electrons. The zero-order valence-corrected chi connectivity index (χ0v) is 19.6. The number of fused-ring (bicyclic) bond motifs is 5. The van der Waals surface area contributed by atoms with Crippen LogP contribution in [-0.4, -0.2) is 10.9 Å². The lowest BCUT2D eigenvalue weighted by Gasteiger charge is -2.45. The number of hydrogen-bond acceptors (Lipinski definition) is 2. The van der Waals surface area contributed by atoms with E-state index < -0.39 is 0 Å². The van der Waals surface area contributed by atoms with Gasteiger partial charge < -0.3 is 5.11 Å². The van der Waals surface area contributed by atoms with Crippen molar-refractivity contribution in [2.75, 3.05) is 0 Å². The van der Waals surface area contributed by atoms with Crippen molar-refractivity contribution < 1.29 is 9.90 Å². The van der Waals surface area contributed by atoms with Gasteiger partial charge in [0.2, 0.25) is 0 Å². The molecule has 1 N–H and O–H groups in total. The summed E-state index contributed by atoms with van der Waals surface area (Å²) in [5, 5.41) is 9.64. The molecule has 0 spiro atoms. The molecule has 0 amide bonds. The molecule has 2 heteroatoms. The molecule has 1 aromatic carbocycles. The van der Waals surface area contributed by atoms with Gasteiger partial charge in [0.05, 0.1) is 11.8 Å². The van der Waals surface area contributed by atoms with Crippen LogP contribution < -0.4 is 0 Å². The van der Waals surface area contributed by atoms with Gasteiger partial charge in [0.15, 0.2) is 5.78 Å². The molecule has 0 unspecified atom stereocenters. The third kappa shape index (κ3) is 3.45. The average Bonchev–Trinajstić information content (AvgIpc) is 3.08. The number of Topliss-reactive ketones (excluding diaryl/α,β-unsaturated/α-hetero) is 1. The summed E-state index contributed by atoms with van der Waals surface area (Å²) in [6.07, 6.45) is 10.2. The molecule has 1 saturated carbocycles. The van der Waals surface area contributed by atoms with Gasteiger partial charge in [-0.15, -0.1) is 0 Å². The van der Waals surface area contributed by atoms with Gasteiger partial charge in [-0.2, -0.15) is 0 Å². The van der Waals surface area contributed by atoms with Crippen LogP contribution in [0, 0.1) is 29.1 Å². The first kappa shape index (κ1) is 21.7. The van der Waals surface area contributed by atoms with Crippen molar-refractivity contribution >= 4 is 11.4 Å². The average molecular weight is 409 g/mol. The van der Waals surface area contributed by atoms with E-state index >= 15 is 0 Å². The highest BCUT2D eigenvalue weighted by Crippen LogP contribution is 2.61. The number of benzene rings is 1. The minimum absolute atomic E-state index is 0.0796. The summed E-state index contributed by atoms with van der Waals surface area (Å²) in [5.74, 6) is 3.94. The van der Waals surface area contributed by atoms with E-state index in [9.17, 15) is 9.90 Å². The molecule has 164 valence electrons. The minimum Gasteiger partial charge on any atom is -0.515 e. The Morgan fingerprint density at radius 1 is 1.07 bits per heavy atom. The summed E-state index contributed by atoms with van der Waals surface area (Å²) < 4.78 is 0. The molecular formula is C28H40O2. The maximum absolute atomic E-state index is 12.2. The maximum atomic E-state index is 12.2. The number of aliphatic hydroxyl groups excluding tert-OH is 1. The van der Waals surface area contributed by atoms with Crippen LogP contribution >= 0.6 is 0 Å². The van der Waals surface area contributed by atoms with Crippen molar-refractivity contribution in [3.8, 4) is 0 Å². The third-order valence-corrected chi connectivity index (χ3v) is 9.39. The Balaban J connectivity index is 1.59. The Bertz CT molecular complexity index is 848. The van der Waals surface area contributed by atoms with Crippen LogP contribution in [0.1, 0.15) is 101 Å².